The molecule has 0 atom stereocenters. The Morgan fingerprint density at radius 1 is 1.19 bits per heavy atom. The number of nitrogens with zero attached hydrogens (tertiary/aromatic N) is 2. The molecule has 0 aliphatic heterocycles. The minimum absolute atomic E-state index is 0.188. The third-order valence-electron chi connectivity index (χ3n) is 4.40. The van der Waals surface area contributed by atoms with Crippen LogP contribution in [0.25, 0.3) is 11.4 Å². The lowest BCUT2D eigenvalue weighted by Gasteiger charge is -2.02. The summed E-state index contributed by atoms with van der Waals surface area (Å²) in [7, 11) is 1.61. The molecule has 3 heterocycles. The SMILES string of the molecule is COc1ccc(-c2n[nH]c(CNC(=O)c3sc(NC(=O)c4ccco4)cc3C)n2)cc1. The Kier molecular flexibility index (Phi) is 5.80. The molecule has 0 unspecified atom stereocenters. The minimum Gasteiger partial charge on any atom is -0.497 e. The molecule has 31 heavy (non-hydrogen) atoms. The third-order valence-corrected chi connectivity index (χ3v) is 5.55. The van der Waals surface area contributed by atoms with E-state index in [4.69, 9.17) is 9.15 Å². The molecule has 4 aromatic rings. The van der Waals surface area contributed by atoms with Crippen LogP contribution in [0.1, 0.15) is 31.6 Å². The topological polar surface area (TPSA) is 122 Å². The maximum absolute atomic E-state index is 12.6. The number of rotatable bonds is 7. The summed E-state index contributed by atoms with van der Waals surface area (Å²) in [4.78, 5) is 29.6. The second-order valence-electron chi connectivity index (χ2n) is 6.57. The molecule has 0 fully saturated rings. The number of ether oxygens (including phenoxy) is 1. The molecule has 0 saturated heterocycles. The maximum atomic E-state index is 12.6. The molecular weight excluding hydrogens is 418 g/mol. The first-order chi connectivity index (χ1) is 15.0. The summed E-state index contributed by atoms with van der Waals surface area (Å²) in [5, 5.41) is 13.1. The maximum Gasteiger partial charge on any atom is 0.291 e. The highest BCUT2D eigenvalue weighted by atomic mass is 32.1. The van der Waals surface area contributed by atoms with Gasteiger partial charge in [-0.2, -0.15) is 5.10 Å². The number of hydrogen-bond acceptors (Lipinski definition) is 7. The molecule has 1 aromatic carbocycles. The van der Waals surface area contributed by atoms with Gasteiger partial charge in [-0.3, -0.25) is 14.7 Å². The van der Waals surface area contributed by atoms with Crippen molar-refractivity contribution in [2.24, 2.45) is 0 Å². The third kappa shape index (κ3) is 4.64. The number of carbonyl (C=O) groups excluding carboxylic acids is 2. The first kappa shape index (κ1) is 20.4. The van der Waals surface area contributed by atoms with Crippen molar-refractivity contribution in [2.75, 3.05) is 12.4 Å². The summed E-state index contributed by atoms with van der Waals surface area (Å²) in [5.74, 6) is 1.38. The van der Waals surface area contributed by atoms with Crippen LogP contribution < -0.4 is 15.4 Å². The number of anilines is 1. The van der Waals surface area contributed by atoms with Crippen LogP contribution in [0.2, 0.25) is 0 Å². The number of benzene rings is 1. The quantitative estimate of drug-likeness (QED) is 0.406. The van der Waals surface area contributed by atoms with Crippen LogP contribution >= 0.6 is 11.3 Å². The molecule has 3 aromatic heterocycles. The number of nitrogens with one attached hydrogen (secondary N) is 3. The Bertz CT molecular complexity index is 1200. The van der Waals surface area contributed by atoms with Gasteiger partial charge in [-0.25, -0.2) is 4.98 Å². The Labute approximate surface area is 181 Å². The lowest BCUT2D eigenvalue weighted by Crippen LogP contribution is -2.23. The highest BCUT2D eigenvalue weighted by Gasteiger charge is 2.17. The van der Waals surface area contributed by atoms with Crippen LogP contribution in [0.3, 0.4) is 0 Å². The number of carbonyl (C=O) groups is 2. The molecule has 9 nitrogen and oxygen atoms in total. The lowest BCUT2D eigenvalue weighted by atomic mass is 10.2. The van der Waals surface area contributed by atoms with Gasteiger partial charge in [0.1, 0.15) is 11.6 Å². The zero-order valence-corrected chi connectivity index (χ0v) is 17.6. The van der Waals surface area contributed by atoms with Gasteiger partial charge in [0.15, 0.2) is 11.6 Å². The number of amides is 2. The molecule has 0 aliphatic rings. The fourth-order valence-corrected chi connectivity index (χ4v) is 3.82. The molecule has 0 aliphatic carbocycles. The van der Waals surface area contributed by atoms with Gasteiger partial charge in [0.2, 0.25) is 0 Å². The normalized spacial score (nSPS) is 10.6. The predicted octanol–water partition coefficient (Wildman–Crippen LogP) is 3.63. The molecular formula is C21H19N5O4S. The predicted molar refractivity (Wildman–Crippen MR) is 115 cm³/mol. The number of hydrogen-bond donors (Lipinski definition) is 3. The van der Waals surface area contributed by atoms with E-state index in [-0.39, 0.29) is 24.1 Å². The van der Waals surface area contributed by atoms with E-state index in [1.165, 1.54) is 17.6 Å². The molecule has 0 radical (unpaired) electrons. The smallest absolute Gasteiger partial charge is 0.291 e. The van der Waals surface area contributed by atoms with Crippen LogP contribution in [-0.2, 0) is 6.54 Å². The highest BCUT2D eigenvalue weighted by molar-refractivity contribution is 7.18. The Balaban J connectivity index is 1.37. The highest BCUT2D eigenvalue weighted by Crippen LogP contribution is 2.27. The molecule has 4 rings (SSSR count). The van der Waals surface area contributed by atoms with E-state index < -0.39 is 0 Å². The van der Waals surface area contributed by atoms with Gasteiger partial charge >= 0.3 is 0 Å². The Morgan fingerprint density at radius 3 is 2.71 bits per heavy atom. The van der Waals surface area contributed by atoms with Crippen LogP contribution in [0.5, 0.6) is 5.75 Å². The summed E-state index contributed by atoms with van der Waals surface area (Å²) < 4.78 is 10.2. The van der Waals surface area contributed by atoms with Crippen molar-refractivity contribution in [1.29, 1.82) is 0 Å². The lowest BCUT2D eigenvalue weighted by molar-refractivity contribution is 0.0952. The molecule has 2 amide bonds. The molecule has 3 N–H and O–H groups in total. The van der Waals surface area contributed by atoms with Gasteiger partial charge in [-0.1, -0.05) is 0 Å². The second-order valence-corrected chi connectivity index (χ2v) is 7.62. The number of aryl methyl sites for hydroxylation is 1. The first-order valence-electron chi connectivity index (χ1n) is 9.32. The zero-order valence-electron chi connectivity index (χ0n) is 16.8. The number of H-pyrrole nitrogens is 1. The van der Waals surface area contributed by atoms with Crippen molar-refractivity contribution in [1.82, 2.24) is 20.5 Å². The monoisotopic (exact) mass is 437 g/mol. The summed E-state index contributed by atoms with van der Waals surface area (Å²) >= 11 is 1.19. The van der Waals surface area contributed by atoms with Crippen LogP contribution in [0.4, 0.5) is 5.00 Å². The fraction of sp³-hybridized carbons (Fsp3) is 0.143. The van der Waals surface area contributed by atoms with Crippen molar-refractivity contribution in [3.8, 4) is 17.1 Å². The average Bonchev–Trinajstić information content (AvgIpc) is 3.53. The largest absolute Gasteiger partial charge is 0.497 e. The summed E-state index contributed by atoms with van der Waals surface area (Å²) in [6, 6.07) is 12.3. The van der Waals surface area contributed by atoms with Gasteiger partial charge in [-0.15, -0.1) is 11.3 Å². The van der Waals surface area contributed by atoms with E-state index in [1.54, 1.807) is 25.3 Å². The van der Waals surface area contributed by atoms with Gasteiger partial charge in [0.25, 0.3) is 11.8 Å². The average molecular weight is 437 g/mol. The number of aromatic amines is 1. The van der Waals surface area contributed by atoms with Gasteiger partial charge in [-0.05, 0) is 55.0 Å². The fourth-order valence-electron chi connectivity index (χ4n) is 2.84. The van der Waals surface area contributed by atoms with Crippen molar-refractivity contribution in [2.45, 2.75) is 13.5 Å². The Hall–Kier alpha value is -3.92. The number of methoxy groups -OCH3 is 1. The van der Waals surface area contributed by atoms with Gasteiger partial charge in [0, 0.05) is 5.56 Å². The van der Waals surface area contributed by atoms with Crippen LogP contribution in [0, 0.1) is 6.92 Å². The standard InChI is InChI=1S/C21H19N5O4S/c1-12-10-17(24-20(27)15-4-3-9-30-15)31-18(12)21(28)22-11-16-23-19(26-25-16)13-5-7-14(29-2)8-6-13/h3-10H,11H2,1-2H3,(H,22,28)(H,24,27)(H,23,25,26). The van der Waals surface area contributed by atoms with E-state index >= 15 is 0 Å². The van der Waals surface area contributed by atoms with Crippen molar-refractivity contribution in [3.05, 3.63) is 70.8 Å². The number of furan rings is 1. The van der Waals surface area contributed by atoms with E-state index in [2.05, 4.69) is 25.8 Å². The minimum atomic E-state index is -0.370. The van der Waals surface area contributed by atoms with Gasteiger partial charge < -0.3 is 19.8 Å². The second kappa shape index (κ2) is 8.84. The van der Waals surface area contributed by atoms with Gasteiger partial charge in [0.05, 0.1) is 29.8 Å². The summed E-state index contributed by atoms with van der Waals surface area (Å²) in [6.07, 6.45) is 1.43. The zero-order chi connectivity index (χ0) is 21.8. The Morgan fingerprint density at radius 2 is 2.00 bits per heavy atom. The number of aromatic nitrogens is 3. The van der Waals surface area contributed by atoms with Crippen LogP contribution in [0.15, 0.2) is 53.1 Å². The summed E-state index contributed by atoms with van der Waals surface area (Å²) in [6.45, 7) is 2.00. The summed E-state index contributed by atoms with van der Waals surface area (Å²) in [5.41, 5.74) is 1.59. The van der Waals surface area contributed by atoms with Crippen molar-refractivity contribution < 1.29 is 18.7 Å². The van der Waals surface area contributed by atoms with Crippen molar-refractivity contribution >= 4 is 28.2 Å². The van der Waals surface area contributed by atoms with E-state index in [1.807, 2.05) is 31.2 Å². The number of thiophene rings is 1. The first-order valence-corrected chi connectivity index (χ1v) is 10.1. The van der Waals surface area contributed by atoms with Crippen LogP contribution in [-0.4, -0.2) is 34.1 Å². The molecule has 10 heteroatoms. The van der Waals surface area contributed by atoms with E-state index in [0.29, 0.717) is 21.5 Å². The van der Waals surface area contributed by atoms with E-state index in [0.717, 1.165) is 16.9 Å². The molecule has 0 spiro atoms. The molecule has 158 valence electrons. The molecule has 0 saturated carbocycles. The van der Waals surface area contributed by atoms with Crippen molar-refractivity contribution in [3.63, 3.8) is 0 Å². The molecule has 0 bridgehead atoms. The van der Waals surface area contributed by atoms with E-state index in [9.17, 15) is 9.59 Å².